The Kier molecular flexibility index (Phi) is 5.33. The molecule has 0 spiro atoms. The summed E-state index contributed by atoms with van der Waals surface area (Å²) in [7, 11) is 0. The Morgan fingerprint density at radius 1 is 1.32 bits per heavy atom. The highest BCUT2D eigenvalue weighted by molar-refractivity contribution is 5.94. The topological polar surface area (TPSA) is 72.9 Å². The first-order valence-corrected chi connectivity index (χ1v) is 7.59. The first-order valence-electron chi connectivity index (χ1n) is 7.59. The summed E-state index contributed by atoms with van der Waals surface area (Å²) < 4.78 is 1.97. The van der Waals surface area contributed by atoms with Gasteiger partial charge in [-0.15, -0.1) is 0 Å². The lowest BCUT2D eigenvalue weighted by Gasteiger charge is -2.08. The maximum atomic E-state index is 12.0. The molecular formula is C17H24N4O. The van der Waals surface area contributed by atoms with Crippen LogP contribution in [0.4, 0.5) is 0 Å². The van der Waals surface area contributed by atoms with Crippen molar-refractivity contribution in [1.82, 2.24) is 15.1 Å². The third-order valence-electron chi connectivity index (χ3n) is 3.54. The number of benzene rings is 1. The summed E-state index contributed by atoms with van der Waals surface area (Å²) in [5, 5.41) is 7.32. The van der Waals surface area contributed by atoms with Crippen molar-refractivity contribution >= 4 is 5.91 Å². The number of carbonyl (C=O) groups excluding carboxylic acids is 1. The summed E-state index contributed by atoms with van der Waals surface area (Å²) in [5.74, 6) is -0.0571. The first-order chi connectivity index (χ1) is 10.5. The van der Waals surface area contributed by atoms with Crippen LogP contribution in [0.15, 0.2) is 30.3 Å². The zero-order valence-corrected chi connectivity index (χ0v) is 13.5. The minimum absolute atomic E-state index is 0.0571. The number of aryl methyl sites for hydroxylation is 2. The largest absolute Gasteiger partial charge is 0.352 e. The van der Waals surface area contributed by atoms with Crippen LogP contribution < -0.4 is 11.1 Å². The van der Waals surface area contributed by atoms with Gasteiger partial charge < -0.3 is 11.1 Å². The second kappa shape index (κ2) is 7.22. The Morgan fingerprint density at radius 3 is 2.55 bits per heavy atom. The highest BCUT2D eigenvalue weighted by Crippen LogP contribution is 2.09. The van der Waals surface area contributed by atoms with Crippen LogP contribution in [-0.2, 0) is 6.54 Å². The van der Waals surface area contributed by atoms with Crippen LogP contribution in [0, 0.1) is 13.8 Å². The van der Waals surface area contributed by atoms with E-state index in [-0.39, 0.29) is 11.9 Å². The number of carbonyl (C=O) groups is 1. The van der Waals surface area contributed by atoms with Crippen molar-refractivity contribution in [3.05, 3.63) is 52.8 Å². The molecule has 3 N–H and O–H groups in total. The zero-order valence-electron chi connectivity index (χ0n) is 13.5. The predicted octanol–water partition coefficient (Wildman–Crippen LogP) is 2.02. The molecule has 1 aromatic heterocycles. The minimum atomic E-state index is -0.0571. The summed E-state index contributed by atoms with van der Waals surface area (Å²) in [4.78, 5) is 12.0. The number of amides is 1. The van der Waals surface area contributed by atoms with Gasteiger partial charge in [-0.3, -0.25) is 9.48 Å². The molecule has 1 aromatic carbocycles. The highest BCUT2D eigenvalue weighted by Gasteiger charge is 2.06. The molecule has 1 unspecified atom stereocenters. The lowest BCUT2D eigenvalue weighted by atomic mass is 10.1. The summed E-state index contributed by atoms with van der Waals surface area (Å²) in [6, 6.07) is 9.79. The van der Waals surface area contributed by atoms with Crippen LogP contribution in [0.25, 0.3) is 0 Å². The molecule has 22 heavy (non-hydrogen) atoms. The van der Waals surface area contributed by atoms with Crippen LogP contribution in [0.1, 0.15) is 40.7 Å². The smallest absolute Gasteiger partial charge is 0.251 e. The molecule has 1 atom stereocenters. The molecule has 0 aliphatic carbocycles. The maximum absolute atomic E-state index is 12.0. The molecule has 2 aromatic rings. The maximum Gasteiger partial charge on any atom is 0.251 e. The number of hydrogen-bond donors (Lipinski definition) is 2. The third-order valence-corrected chi connectivity index (χ3v) is 3.54. The molecule has 1 heterocycles. The van der Waals surface area contributed by atoms with Gasteiger partial charge in [0.25, 0.3) is 5.91 Å². The van der Waals surface area contributed by atoms with E-state index in [1.54, 1.807) is 0 Å². The van der Waals surface area contributed by atoms with E-state index in [0.717, 1.165) is 23.4 Å². The standard InChI is InChI=1S/C17H24N4O/c1-12(18)8-9-19-17(22)16-6-4-15(5-7-16)11-21-14(3)10-13(2)20-21/h4-7,10,12H,8-9,11,18H2,1-3H3,(H,19,22). The van der Waals surface area contributed by atoms with Crippen LogP contribution in [0.5, 0.6) is 0 Å². The molecule has 0 radical (unpaired) electrons. The molecule has 0 aliphatic rings. The van der Waals surface area contributed by atoms with Crippen molar-refractivity contribution in [3.63, 3.8) is 0 Å². The van der Waals surface area contributed by atoms with E-state index >= 15 is 0 Å². The van der Waals surface area contributed by atoms with Gasteiger partial charge in [-0.2, -0.15) is 5.10 Å². The molecule has 5 nitrogen and oxygen atoms in total. The Morgan fingerprint density at radius 2 is 2.00 bits per heavy atom. The van der Waals surface area contributed by atoms with E-state index in [9.17, 15) is 4.79 Å². The summed E-state index contributed by atoms with van der Waals surface area (Å²) in [6.45, 7) is 7.27. The SMILES string of the molecule is Cc1cc(C)n(Cc2ccc(C(=O)NCCC(C)N)cc2)n1. The van der Waals surface area contributed by atoms with E-state index < -0.39 is 0 Å². The van der Waals surface area contributed by atoms with Crippen LogP contribution in [0.3, 0.4) is 0 Å². The van der Waals surface area contributed by atoms with E-state index in [2.05, 4.69) is 16.5 Å². The zero-order chi connectivity index (χ0) is 16.1. The minimum Gasteiger partial charge on any atom is -0.352 e. The Bertz CT molecular complexity index is 629. The monoisotopic (exact) mass is 300 g/mol. The lowest BCUT2D eigenvalue weighted by molar-refractivity contribution is 0.0953. The molecule has 1 amide bonds. The average molecular weight is 300 g/mol. The van der Waals surface area contributed by atoms with Gasteiger partial charge in [0.2, 0.25) is 0 Å². The number of nitrogens with zero attached hydrogens (tertiary/aromatic N) is 2. The quantitative estimate of drug-likeness (QED) is 0.857. The molecular weight excluding hydrogens is 276 g/mol. The molecule has 118 valence electrons. The van der Waals surface area contributed by atoms with Gasteiger partial charge >= 0.3 is 0 Å². The fraction of sp³-hybridized carbons (Fsp3) is 0.412. The first kappa shape index (κ1) is 16.2. The molecule has 2 rings (SSSR count). The number of aromatic nitrogens is 2. The highest BCUT2D eigenvalue weighted by atomic mass is 16.1. The fourth-order valence-electron chi connectivity index (χ4n) is 2.28. The molecule has 0 saturated carbocycles. The van der Waals surface area contributed by atoms with Crippen molar-refractivity contribution < 1.29 is 4.79 Å². The second-order valence-electron chi connectivity index (χ2n) is 5.80. The Balaban J connectivity index is 1.95. The van der Waals surface area contributed by atoms with Gasteiger partial charge in [0.05, 0.1) is 12.2 Å². The fourth-order valence-corrected chi connectivity index (χ4v) is 2.28. The molecule has 0 aliphatic heterocycles. The summed E-state index contributed by atoms with van der Waals surface area (Å²) in [6.07, 6.45) is 0.780. The predicted molar refractivity (Wildman–Crippen MR) is 87.8 cm³/mol. The van der Waals surface area contributed by atoms with Crippen molar-refractivity contribution in [3.8, 4) is 0 Å². The van der Waals surface area contributed by atoms with Gasteiger partial charge in [-0.1, -0.05) is 12.1 Å². The Labute approximate surface area is 131 Å². The number of nitrogens with one attached hydrogen (secondary N) is 1. The second-order valence-corrected chi connectivity index (χ2v) is 5.80. The van der Waals surface area contributed by atoms with E-state index in [0.29, 0.717) is 18.7 Å². The summed E-state index contributed by atoms with van der Waals surface area (Å²) in [5.41, 5.74) is 9.61. The molecule has 0 saturated heterocycles. The van der Waals surface area contributed by atoms with E-state index in [4.69, 9.17) is 5.73 Å². The normalized spacial score (nSPS) is 12.2. The van der Waals surface area contributed by atoms with Crippen molar-refractivity contribution in [2.45, 2.75) is 39.8 Å². The van der Waals surface area contributed by atoms with Crippen molar-refractivity contribution in [1.29, 1.82) is 0 Å². The third kappa shape index (κ3) is 4.43. The Hall–Kier alpha value is -2.14. The van der Waals surface area contributed by atoms with Crippen LogP contribution in [-0.4, -0.2) is 28.3 Å². The van der Waals surface area contributed by atoms with E-state index in [1.165, 1.54) is 0 Å². The van der Waals surface area contributed by atoms with Gasteiger partial charge in [0.15, 0.2) is 0 Å². The van der Waals surface area contributed by atoms with Crippen molar-refractivity contribution in [2.24, 2.45) is 5.73 Å². The molecule has 5 heteroatoms. The van der Waals surface area contributed by atoms with Gasteiger partial charge in [-0.05, 0) is 51.0 Å². The van der Waals surface area contributed by atoms with Gasteiger partial charge in [0, 0.05) is 23.8 Å². The van der Waals surface area contributed by atoms with Gasteiger partial charge in [-0.25, -0.2) is 0 Å². The lowest BCUT2D eigenvalue weighted by Crippen LogP contribution is -2.28. The van der Waals surface area contributed by atoms with Crippen LogP contribution in [0.2, 0.25) is 0 Å². The van der Waals surface area contributed by atoms with E-state index in [1.807, 2.05) is 49.7 Å². The van der Waals surface area contributed by atoms with Crippen LogP contribution >= 0.6 is 0 Å². The molecule has 0 bridgehead atoms. The number of hydrogen-bond acceptors (Lipinski definition) is 3. The molecule has 0 fully saturated rings. The number of rotatable bonds is 6. The van der Waals surface area contributed by atoms with Gasteiger partial charge in [0.1, 0.15) is 0 Å². The number of nitrogens with two attached hydrogens (primary N) is 1. The summed E-state index contributed by atoms with van der Waals surface area (Å²) >= 11 is 0. The van der Waals surface area contributed by atoms with Crippen molar-refractivity contribution in [2.75, 3.05) is 6.54 Å². The average Bonchev–Trinajstić information content (AvgIpc) is 2.77.